The maximum absolute atomic E-state index is 12.8. The highest BCUT2D eigenvalue weighted by atomic mass is 32.2. The van der Waals surface area contributed by atoms with E-state index >= 15 is 0 Å². The summed E-state index contributed by atoms with van der Waals surface area (Å²) in [5.74, 6) is -0.435. The van der Waals surface area contributed by atoms with E-state index in [0.29, 0.717) is 5.69 Å². The van der Waals surface area contributed by atoms with Crippen molar-refractivity contribution in [1.29, 1.82) is 0 Å². The Hall–Kier alpha value is -2.52. The number of hydrogen-bond acceptors (Lipinski definition) is 5. The summed E-state index contributed by atoms with van der Waals surface area (Å²) < 4.78 is 38.3. The van der Waals surface area contributed by atoms with Gasteiger partial charge < -0.3 is 5.32 Å². The largest absolute Gasteiger partial charge is 0.350 e. The van der Waals surface area contributed by atoms with Crippen LogP contribution in [0, 0.1) is 15.9 Å². The molecule has 116 valence electrons. The molecule has 0 aliphatic heterocycles. The molecule has 0 bridgehead atoms. The number of rotatable bonds is 5. The first-order valence-electron chi connectivity index (χ1n) is 6.08. The molecule has 0 fully saturated rings. The zero-order valence-corrected chi connectivity index (χ0v) is 12.2. The monoisotopic (exact) mass is 325 g/mol. The summed E-state index contributed by atoms with van der Waals surface area (Å²) in [4.78, 5) is 10.2. The molecule has 0 radical (unpaired) electrons. The summed E-state index contributed by atoms with van der Waals surface area (Å²) in [7, 11) is -2.57. The van der Waals surface area contributed by atoms with Crippen LogP contribution in [0.25, 0.3) is 0 Å². The first-order chi connectivity index (χ1) is 10.3. The van der Waals surface area contributed by atoms with Crippen LogP contribution in [0.3, 0.4) is 0 Å². The maximum atomic E-state index is 12.8. The van der Waals surface area contributed by atoms with E-state index in [1.807, 2.05) is 0 Å². The molecule has 2 N–H and O–H groups in total. The SMILES string of the molecule is CNS(=O)(=O)c1ccc(Nc2ccc(F)cc2)c([N+](=O)[O-])c1. The first kappa shape index (κ1) is 15.9. The molecule has 0 unspecified atom stereocenters. The summed E-state index contributed by atoms with van der Waals surface area (Å²) in [6.45, 7) is 0. The number of nitro benzene ring substituents is 1. The molecule has 0 heterocycles. The normalized spacial score (nSPS) is 11.2. The third-order valence-electron chi connectivity index (χ3n) is 2.87. The second kappa shape index (κ2) is 6.08. The molecule has 2 rings (SSSR count). The first-order valence-corrected chi connectivity index (χ1v) is 7.56. The van der Waals surface area contributed by atoms with Gasteiger partial charge in [-0.25, -0.2) is 17.5 Å². The molecule has 2 aromatic carbocycles. The standard InChI is InChI=1S/C13H12FN3O4S/c1-15-22(20,21)11-6-7-12(13(8-11)17(18)19)16-10-4-2-9(14)3-5-10/h2-8,15-16H,1H3. The van der Waals surface area contributed by atoms with Crippen LogP contribution < -0.4 is 10.0 Å². The van der Waals surface area contributed by atoms with Gasteiger partial charge >= 0.3 is 0 Å². The summed E-state index contributed by atoms with van der Waals surface area (Å²) in [5, 5.41) is 13.9. The van der Waals surface area contributed by atoms with Crippen molar-refractivity contribution in [3.05, 3.63) is 58.4 Å². The molecular weight excluding hydrogens is 313 g/mol. The second-order valence-electron chi connectivity index (χ2n) is 4.28. The summed E-state index contributed by atoms with van der Waals surface area (Å²) >= 11 is 0. The van der Waals surface area contributed by atoms with Gasteiger partial charge in [0.15, 0.2) is 0 Å². The van der Waals surface area contributed by atoms with Crippen LogP contribution in [0.4, 0.5) is 21.5 Å². The zero-order valence-electron chi connectivity index (χ0n) is 11.4. The number of nitrogens with one attached hydrogen (secondary N) is 2. The average molecular weight is 325 g/mol. The van der Waals surface area contributed by atoms with Crippen molar-refractivity contribution < 1.29 is 17.7 Å². The van der Waals surface area contributed by atoms with Crippen molar-refractivity contribution >= 4 is 27.1 Å². The van der Waals surface area contributed by atoms with Gasteiger partial charge in [0, 0.05) is 11.8 Å². The summed E-state index contributed by atoms with van der Waals surface area (Å²) in [5.41, 5.74) is 0.140. The van der Waals surface area contributed by atoms with E-state index in [9.17, 15) is 22.9 Å². The summed E-state index contributed by atoms with van der Waals surface area (Å²) in [6.07, 6.45) is 0. The number of nitrogens with zero attached hydrogens (tertiary/aromatic N) is 1. The number of hydrogen-bond donors (Lipinski definition) is 2. The predicted octanol–water partition coefficient (Wildman–Crippen LogP) is 2.39. The number of benzene rings is 2. The van der Waals surface area contributed by atoms with E-state index in [0.717, 1.165) is 6.07 Å². The minimum absolute atomic E-state index is 0.103. The third kappa shape index (κ3) is 3.38. The average Bonchev–Trinajstić information content (AvgIpc) is 2.49. The number of halogens is 1. The molecular formula is C13H12FN3O4S. The van der Waals surface area contributed by atoms with Gasteiger partial charge in [0.25, 0.3) is 5.69 Å². The van der Waals surface area contributed by atoms with Gasteiger partial charge in [-0.3, -0.25) is 10.1 Å². The fraction of sp³-hybridized carbons (Fsp3) is 0.0769. The molecule has 0 aromatic heterocycles. The minimum Gasteiger partial charge on any atom is -0.350 e. The van der Waals surface area contributed by atoms with E-state index in [-0.39, 0.29) is 10.6 Å². The second-order valence-corrected chi connectivity index (χ2v) is 6.16. The molecule has 2 aromatic rings. The van der Waals surface area contributed by atoms with E-state index in [2.05, 4.69) is 10.0 Å². The molecule has 0 aliphatic rings. The van der Waals surface area contributed by atoms with Crippen molar-refractivity contribution in [3.8, 4) is 0 Å². The quantitative estimate of drug-likeness (QED) is 0.649. The van der Waals surface area contributed by atoms with Crippen molar-refractivity contribution in [3.63, 3.8) is 0 Å². The smallest absolute Gasteiger partial charge is 0.294 e. The van der Waals surface area contributed by atoms with Crippen molar-refractivity contribution in [2.24, 2.45) is 0 Å². The fourth-order valence-corrected chi connectivity index (χ4v) is 2.49. The third-order valence-corrected chi connectivity index (χ3v) is 4.28. The van der Waals surface area contributed by atoms with E-state index in [1.165, 1.54) is 43.4 Å². The van der Waals surface area contributed by atoms with Gasteiger partial charge in [-0.05, 0) is 43.4 Å². The Labute approximate surface area is 126 Å². The molecule has 22 heavy (non-hydrogen) atoms. The lowest BCUT2D eigenvalue weighted by Gasteiger charge is -2.09. The Morgan fingerprint density at radius 3 is 2.32 bits per heavy atom. The lowest BCUT2D eigenvalue weighted by atomic mass is 10.2. The highest BCUT2D eigenvalue weighted by Gasteiger charge is 2.20. The van der Waals surface area contributed by atoms with Crippen LogP contribution in [0.1, 0.15) is 0 Å². The lowest BCUT2D eigenvalue weighted by Crippen LogP contribution is -2.18. The lowest BCUT2D eigenvalue weighted by molar-refractivity contribution is -0.384. The Morgan fingerprint density at radius 1 is 1.14 bits per heavy atom. The fourth-order valence-electron chi connectivity index (χ4n) is 1.74. The Morgan fingerprint density at radius 2 is 1.77 bits per heavy atom. The molecule has 9 heteroatoms. The van der Waals surface area contributed by atoms with Crippen molar-refractivity contribution in [1.82, 2.24) is 4.72 Å². The zero-order chi connectivity index (χ0) is 16.3. The summed E-state index contributed by atoms with van der Waals surface area (Å²) in [6, 6.07) is 8.71. The van der Waals surface area contributed by atoms with E-state index < -0.39 is 26.5 Å². The van der Waals surface area contributed by atoms with Gasteiger partial charge in [0.2, 0.25) is 10.0 Å². The van der Waals surface area contributed by atoms with Crippen LogP contribution >= 0.6 is 0 Å². The Balaban J connectivity index is 2.44. The van der Waals surface area contributed by atoms with Crippen LogP contribution in [-0.4, -0.2) is 20.4 Å². The van der Waals surface area contributed by atoms with Crippen molar-refractivity contribution in [2.45, 2.75) is 4.90 Å². The van der Waals surface area contributed by atoms with Crippen LogP contribution in [0.5, 0.6) is 0 Å². The Kier molecular flexibility index (Phi) is 4.38. The number of nitro groups is 1. The molecule has 0 saturated carbocycles. The van der Waals surface area contributed by atoms with Gasteiger partial charge in [-0.2, -0.15) is 0 Å². The van der Waals surface area contributed by atoms with Crippen molar-refractivity contribution in [2.75, 3.05) is 12.4 Å². The van der Waals surface area contributed by atoms with Gasteiger partial charge in [-0.1, -0.05) is 0 Å². The van der Waals surface area contributed by atoms with E-state index in [1.54, 1.807) is 0 Å². The molecule has 0 spiro atoms. The van der Waals surface area contributed by atoms with Gasteiger partial charge in [-0.15, -0.1) is 0 Å². The molecule has 0 atom stereocenters. The van der Waals surface area contributed by atoms with Crippen LogP contribution in [-0.2, 0) is 10.0 Å². The molecule has 0 amide bonds. The van der Waals surface area contributed by atoms with Crippen LogP contribution in [0.15, 0.2) is 47.4 Å². The number of anilines is 2. The Bertz CT molecular complexity index is 807. The molecule has 0 saturated heterocycles. The molecule has 7 nitrogen and oxygen atoms in total. The minimum atomic E-state index is -3.78. The highest BCUT2D eigenvalue weighted by molar-refractivity contribution is 7.89. The highest BCUT2D eigenvalue weighted by Crippen LogP contribution is 2.30. The number of sulfonamides is 1. The predicted molar refractivity (Wildman–Crippen MR) is 79.0 cm³/mol. The topological polar surface area (TPSA) is 101 Å². The van der Waals surface area contributed by atoms with Gasteiger partial charge in [0.05, 0.1) is 9.82 Å². The molecule has 0 aliphatic carbocycles. The van der Waals surface area contributed by atoms with Gasteiger partial charge in [0.1, 0.15) is 11.5 Å². The van der Waals surface area contributed by atoms with Crippen LogP contribution in [0.2, 0.25) is 0 Å². The maximum Gasteiger partial charge on any atom is 0.294 e. The van der Waals surface area contributed by atoms with E-state index in [4.69, 9.17) is 0 Å².